The lowest BCUT2D eigenvalue weighted by molar-refractivity contribution is -0.332. The van der Waals surface area contributed by atoms with Crippen molar-refractivity contribution in [1.82, 2.24) is 25.1 Å². The van der Waals surface area contributed by atoms with E-state index >= 15 is 0 Å². The van der Waals surface area contributed by atoms with E-state index < -0.39 is 32.5 Å². The number of rotatable bonds is 12. The minimum atomic E-state index is -3.43. The molecule has 0 radical (unpaired) electrons. The maximum Gasteiger partial charge on any atom is 0.373 e. The number of benzene rings is 2. The number of morpholine rings is 1. The number of ether oxygens (including phenoxy) is 1. The van der Waals surface area contributed by atoms with E-state index in [-0.39, 0.29) is 40.6 Å². The summed E-state index contributed by atoms with van der Waals surface area (Å²) in [7, 11) is -2.21. The number of fused-ring (bicyclic) bond motifs is 1. The number of phenolic OH excluding ortho intramolecular Hbond substituents is 1. The van der Waals surface area contributed by atoms with E-state index in [0.29, 0.717) is 51.1 Å². The minimum absolute atomic E-state index is 0.0185. The smallest absolute Gasteiger partial charge is 0.373 e. The van der Waals surface area contributed by atoms with Crippen LogP contribution in [0.25, 0.3) is 10.9 Å². The fraction of sp³-hybridized carbons (Fsp3) is 0.537. The number of aromatic hydroxyl groups is 1. The van der Waals surface area contributed by atoms with Crippen LogP contribution in [0.2, 0.25) is 18.1 Å². The Kier molecular flexibility index (Phi) is 12.1. The zero-order valence-electron chi connectivity index (χ0n) is 33.0. The molecule has 298 valence electrons. The second-order valence-corrected chi connectivity index (χ2v) is 22.7. The maximum atomic E-state index is 15.0. The number of likely N-dealkylation sites (tertiary alicyclic amines) is 1. The third kappa shape index (κ3) is 9.71. The summed E-state index contributed by atoms with van der Waals surface area (Å²) in [4.78, 5) is 36.1. The summed E-state index contributed by atoms with van der Waals surface area (Å²) in [6.45, 7) is 17.5. The number of nitrogens with one attached hydrogen (secondary N) is 2. The number of carbonyl (C=O) groups is 1. The first-order chi connectivity index (χ1) is 25.8. The van der Waals surface area contributed by atoms with Gasteiger partial charge in [-0.2, -0.15) is 8.78 Å². The number of amides is 1. The standard InChI is InChI=1S/C41H55F2N5O5SSi/c1-27(2)37-45-32(24-54-37)38(51)48-25-40(53-41(42,43)26-48)16-19-47(20-17-40)23-29-10-8-9-28(21-29)15-18-44-22-34(52-55(6,7)39(3,4)5)30-11-13-33(49)36-31(30)12-14-35(50)46-36/h8-14,21,24,27,34,44,49H,15-20,22-23,25-26H2,1-7H3,(H,46,50). The molecule has 1 unspecified atom stereocenters. The zero-order valence-corrected chi connectivity index (χ0v) is 34.8. The molecule has 14 heteroatoms. The highest BCUT2D eigenvalue weighted by Crippen LogP contribution is 2.42. The number of nitrogens with zero attached hydrogens (tertiary/aromatic N) is 3. The summed E-state index contributed by atoms with van der Waals surface area (Å²) < 4.78 is 42.3. The van der Waals surface area contributed by atoms with E-state index in [1.807, 2.05) is 19.9 Å². The number of halogens is 2. The molecular weight excluding hydrogens is 741 g/mol. The summed E-state index contributed by atoms with van der Waals surface area (Å²) in [5, 5.41) is 17.3. The van der Waals surface area contributed by atoms with E-state index in [0.717, 1.165) is 27.9 Å². The molecule has 0 bridgehead atoms. The molecule has 0 aliphatic carbocycles. The summed E-state index contributed by atoms with van der Waals surface area (Å²) in [5.41, 5.74) is 2.48. The molecular formula is C41H55F2N5O5SSi. The normalized spacial score (nSPS) is 18.3. The van der Waals surface area contributed by atoms with Gasteiger partial charge in [0.05, 0.1) is 28.8 Å². The second kappa shape index (κ2) is 16.1. The molecule has 2 aliphatic heterocycles. The lowest BCUT2D eigenvalue weighted by atomic mass is 9.88. The quantitative estimate of drug-likeness (QED) is 0.0982. The molecule has 55 heavy (non-hydrogen) atoms. The predicted molar refractivity (Wildman–Crippen MR) is 216 cm³/mol. The van der Waals surface area contributed by atoms with E-state index in [2.05, 4.69) is 78.3 Å². The van der Waals surface area contributed by atoms with Crippen LogP contribution in [0.5, 0.6) is 5.75 Å². The van der Waals surface area contributed by atoms with Gasteiger partial charge < -0.3 is 29.5 Å². The van der Waals surface area contributed by atoms with Gasteiger partial charge in [0, 0.05) is 48.9 Å². The van der Waals surface area contributed by atoms with Crippen LogP contribution in [0.1, 0.15) is 91.7 Å². The molecule has 0 saturated carbocycles. The van der Waals surface area contributed by atoms with Crippen molar-refractivity contribution in [3.63, 3.8) is 0 Å². The van der Waals surface area contributed by atoms with Gasteiger partial charge in [-0.15, -0.1) is 11.3 Å². The molecule has 1 amide bonds. The van der Waals surface area contributed by atoms with Crippen LogP contribution in [0.4, 0.5) is 8.78 Å². The van der Waals surface area contributed by atoms with Crippen molar-refractivity contribution < 1.29 is 27.8 Å². The third-order valence-corrected chi connectivity index (χ3v) is 17.0. The summed E-state index contributed by atoms with van der Waals surface area (Å²) in [6.07, 6.45) is -2.14. The van der Waals surface area contributed by atoms with Crippen LogP contribution in [0.3, 0.4) is 0 Å². The van der Waals surface area contributed by atoms with Gasteiger partial charge >= 0.3 is 6.11 Å². The topological polar surface area (TPSA) is 120 Å². The first-order valence-corrected chi connectivity index (χ1v) is 23.0. The summed E-state index contributed by atoms with van der Waals surface area (Å²) in [5.74, 6) is -0.288. The summed E-state index contributed by atoms with van der Waals surface area (Å²) in [6, 6.07) is 15.2. The Balaban J connectivity index is 1.05. The Labute approximate surface area is 327 Å². The second-order valence-electron chi connectivity index (χ2n) is 17.0. The van der Waals surface area contributed by atoms with Crippen LogP contribution in [0.15, 0.2) is 58.7 Å². The molecule has 2 aliphatic rings. The average molecular weight is 796 g/mol. The van der Waals surface area contributed by atoms with Crippen LogP contribution in [-0.2, 0) is 22.1 Å². The third-order valence-electron chi connectivity index (χ3n) is 11.3. The number of hydrogen-bond acceptors (Lipinski definition) is 9. The van der Waals surface area contributed by atoms with Crippen molar-refractivity contribution >= 4 is 36.5 Å². The number of phenols is 1. The number of pyridine rings is 1. The van der Waals surface area contributed by atoms with Crippen LogP contribution in [-0.4, -0.2) is 90.1 Å². The lowest BCUT2D eigenvalue weighted by Gasteiger charge is -2.49. The number of aromatic amines is 1. The molecule has 2 fully saturated rings. The Morgan fingerprint density at radius 2 is 1.84 bits per heavy atom. The highest BCUT2D eigenvalue weighted by Gasteiger charge is 2.52. The fourth-order valence-electron chi connectivity index (χ4n) is 7.24. The first kappa shape index (κ1) is 41.1. The molecule has 3 N–H and O–H groups in total. The number of piperidine rings is 1. The van der Waals surface area contributed by atoms with Gasteiger partial charge in [-0.1, -0.05) is 65.0 Å². The predicted octanol–water partition coefficient (Wildman–Crippen LogP) is 7.81. The van der Waals surface area contributed by atoms with Crippen molar-refractivity contribution in [2.45, 2.75) is 102 Å². The van der Waals surface area contributed by atoms with Crippen LogP contribution in [0, 0.1) is 0 Å². The van der Waals surface area contributed by atoms with Gasteiger partial charge in [-0.3, -0.25) is 14.5 Å². The number of alkyl halides is 2. The Morgan fingerprint density at radius 1 is 1.11 bits per heavy atom. The van der Waals surface area contributed by atoms with Crippen LogP contribution >= 0.6 is 11.3 Å². The zero-order chi connectivity index (χ0) is 39.8. The van der Waals surface area contributed by atoms with Crippen LogP contribution < -0.4 is 10.9 Å². The number of aromatic nitrogens is 2. The highest BCUT2D eigenvalue weighted by atomic mass is 32.1. The first-order valence-electron chi connectivity index (χ1n) is 19.2. The number of carbonyl (C=O) groups excluding carboxylic acids is 1. The Morgan fingerprint density at radius 3 is 2.53 bits per heavy atom. The van der Waals surface area contributed by atoms with Gasteiger partial charge in [0.1, 0.15) is 18.0 Å². The van der Waals surface area contributed by atoms with Gasteiger partial charge in [-0.05, 0) is 72.8 Å². The largest absolute Gasteiger partial charge is 0.506 e. The number of thiazole rings is 1. The lowest BCUT2D eigenvalue weighted by Crippen LogP contribution is -2.62. The van der Waals surface area contributed by atoms with E-state index in [1.165, 1.54) is 27.9 Å². The summed E-state index contributed by atoms with van der Waals surface area (Å²) >= 11 is 1.38. The molecule has 1 atom stereocenters. The molecule has 6 rings (SSSR count). The molecule has 10 nitrogen and oxygen atoms in total. The molecule has 2 aromatic heterocycles. The molecule has 1 spiro atoms. The van der Waals surface area contributed by atoms with E-state index in [9.17, 15) is 23.5 Å². The minimum Gasteiger partial charge on any atom is -0.506 e. The van der Waals surface area contributed by atoms with Crippen molar-refractivity contribution in [3.05, 3.63) is 91.7 Å². The number of H-pyrrole nitrogens is 1. The van der Waals surface area contributed by atoms with Crippen molar-refractivity contribution in [3.8, 4) is 5.75 Å². The van der Waals surface area contributed by atoms with Gasteiger partial charge in [0.15, 0.2) is 8.32 Å². The monoisotopic (exact) mass is 795 g/mol. The maximum absolute atomic E-state index is 15.0. The molecule has 2 saturated heterocycles. The van der Waals surface area contributed by atoms with Crippen molar-refractivity contribution in [2.24, 2.45) is 0 Å². The SMILES string of the molecule is CC(C)c1nc(C(=O)N2CC(F)(F)OC3(CCN(Cc4cccc(CCNCC(O[Si](C)(C)C(C)(C)C)c5ccc(O)c6[nH]c(=O)ccc56)c4)CC3)C2)cs1. The average Bonchev–Trinajstić information content (AvgIpc) is 3.61. The fourth-order valence-corrected chi connectivity index (χ4v) is 9.32. The number of hydrogen-bond donors (Lipinski definition) is 3. The molecule has 2 aromatic carbocycles. The van der Waals surface area contributed by atoms with E-state index in [1.54, 1.807) is 17.5 Å². The molecule has 4 aromatic rings. The van der Waals surface area contributed by atoms with Gasteiger partial charge in [0.2, 0.25) is 5.56 Å². The molecule has 4 heterocycles. The Hall–Kier alpha value is -3.53. The van der Waals surface area contributed by atoms with E-state index in [4.69, 9.17) is 9.16 Å². The van der Waals surface area contributed by atoms with Crippen molar-refractivity contribution in [1.29, 1.82) is 0 Å². The van der Waals surface area contributed by atoms with Crippen molar-refractivity contribution in [2.75, 3.05) is 39.3 Å². The van der Waals surface area contributed by atoms with Gasteiger partial charge in [-0.25, -0.2) is 4.98 Å². The highest BCUT2D eigenvalue weighted by molar-refractivity contribution is 7.09. The van der Waals surface area contributed by atoms with Gasteiger partial charge in [0.25, 0.3) is 5.91 Å². The Bertz CT molecular complexity index is 2040.